The van der Waals surface area contributed by atoms with Crippen LogP contribution in [0.1, 0.15) is 47.4 Å². The fourth-order valence-corrected chi connectivity index (χ4v) is 3.89. The molecule has 8 nitrogen and oxygen atoms in total. The molecular formula is C27H34N4O4. The summed E-state index contributed by atoms with van der Waals surface area (Å²) in [6.07, 6.45) is 2.00. The normalized spacial score (nSPS) is 10.7. The molecule has 0 atom stereocenters. The third-order valence-corrected chi connectivity index (χ3v) is 5.62. The van der Waals surface area contributed by atoms with Crippen molar-refractivity contribution >= 4 is 18.2 Å². The zero-order chi connectivity index (χ0) is 25.0. The first-order valence-electron chi connectivity index (χ1n) is 12.0. The molecule has 3 aromatic rings. The molecule has 3 rings (SSSR count). The van der Waals surface area contributed by atoms with E-state index in [9.17, 15) is 9.59 Å². The van der Waals surface area contributed by atoms with Crippen LogP contribution in [0, 0.1) is 0 Å². The molecule has 8 heteroatoms. The monoisotopic (exact) mass is 478 g/mol. The van der Waals surface area contributed by atoms with Crippen LogP contribution in [0.25, 0.3) is 0 Å². The second-order valence-electron chi connectivity index (χ2n) is 8.05. The van der Waals surface area contributed by atoms with Gasteiger partial charge in [0.1, 0.15) is 5.75 Å². The van der Waals surface area contributed by atoms with Crippen molar-refractivity contribution in [1.29, 1.82) is 0 Å². The summed E-state index contributed by atoms with van der Waals surface area (Å²) < 4.78 is 12.3. The van der Waals surface area contributed by atoms with Gasteiger partial charge < -0.3 is 14.8 Å². The van der Waals surface area contributed by atoms with E-state index in [1.165, 1.54) is 0 Å². The Morgan fingerprint density at radius 1 is 1.09 bits per heavy atom. The van der Waals surface area contributed by atoms with Crippen molar-refractivity contribution in [3.05, 3.63) is 77.0 Å². The van der Waals surface area contributed by atoms with Crippen LogP contribution in [-0.2, 0) is 22.5 Å². The van der Waals surface area contributed by atoms with Gasteiger partial charge in [-0.1, -0.05) is 49.4 Å². The Kier molecular flexibility index (Phi) is 9.86. The van der Waals surface area contributed by atoms with Crippen LogP contribution in [0.4, 0.5) is 5.82 Å². The first kappa shape index (κ1) is 26.0. The van der Waals surface area contributed by atoms with Gasteiger partial charge in [-0.25, -0.2) is 4.79 Å². The molecule has 1 N–H and O–H groups in total. The number of rotatable bonds is 14. The number of aromatic nitrogens is 2. The molecule has 0 saturated carbocycles. The van der Waals surface area contributed by atoms with E-state index in [-0.39, 0.29) is 6.61 Å². The number of amides is 1. The number of nitrogens with zero attached hydrogens (tertiary/aromatic N) is 3. The van der Waals surface area contributed by atoms with Gasteiger partial charge in [0, 0.05) is 18.5 Å². The van der Waals surface area contributed by atoms with Crippen LogP contribution in [0.5, 0.6) is 5.75 Å². The van der Waals surface area contributed by atoms with Crippen molar-refractivity contribution in [3.8, 4) is 5.75 Å². The fourth-order valence-electron chi connectivity index (χ4n) is 3.89. The predicted molar refractivity (Wildman–Crippen MR) is 136 cm³/mol. The number of benzene rings is 2. The summed E-state index contributed by atoms with van der Waals surface area (Å²) in [5, 5.41) is 8.05. The molecule has 0 aliphatic carbocycles. The third kappa shape index (κ3) is 6.93. The number of esters is 1. The maximum atomic E-state index is 13.2. The van der Waals surface area contributed by atoms with Crippen LogP contribution in [0.15, 0.2) is 54.6 Å². The lowest BCUT2D eigenvalue weighted by Gasteiger charge is -2.17. The molecular weight excluding hydrogens is 444 g/mol. The van der Waals surface area contributed by atoms with Gasteiger partial charge in [-0.3, -0.25) is 14.4 Å². The Morgan fingerprint density at radius 2 is 1.83 bits per heavy atom. The molecule has 0 aliphatic rings. The van der Waals surface area contributed by atoms with Crippen LogP contribution in [0.3, 0.4) is 0 Å². The highest BCUT2D eigenvalue weighted by molar-refractivity contribution is 5.92. The van der Waals surface area contributed by atoms with E-state index in [4.69, 9.17) is 14.6 Å². The first-order valence-corrected chi connectivity index (χ1v) is 12.0. The molecule has 0 saturated heterocycles. The quantitative estimate of drug-likeness (QED) is 0.216. The van der Waals surface area contributed by atoms with Crippen molar-refractivity contribution in [2.75, 3.05) is 38.3 Å². The lowest BCUT2D eigenvalue weighted by atomic mass is 10.0. The Balaban J connectivity index is 2.06. The second-order valence-corrected chi connectivity index (χ2v) is 8.05. The summed E-state index contributed by atoms with van der Waals surface area (Å²) in [6, 6.07) is 17.4. The molecule has 2 aromatic carbocycles. The molecule has 0 spiro atoms. The van der Waals surface area contributed by atoms with E-state index >= 15 is 0 Å². The van der Waals surface area contributed by atoms with Crippen molar-refractivity contribution in [1.82, 2.24) is 15.1 Å². The average molecular weight is 479 g/mol. The number of carbonyl (C=O) groups excluding carboxylic acids is 2. The van der Waals surface area contributed by atoms with Gasteiger partial charge in [-0.05, 0) is 49.7 Å². The molecule has 1 aromatic heterocycles. The highest BCUT2D eigenvalue weighted by Gasteiger charge is 2.28. The van der Waals surface area contributed by atoms with E-state index in [2.05, 4.69) is 5.32 Å². The lowest BCUT2D eigenvalue weighted by molar-refractivity contribution is -0.107. The summed E-state index contributed by atoms with van der Waals surface area (Å²) in [7, 11) is 1.62. The molecule has 0 unspecified atom stereocenters. The van der Waals surface area contributed by atoms with Crippen LogP contribution >= 0.6 is 0 Å². The molecule has 0 aliphatic heterocycles. The number of hydrogen-bond acceptors (Lipinski definition) is 6. The Labute approximate surface area is 206 Å². The first-order chi connectivity index (χ1) is 17.1. The minimum absolute atomic E-state index is 0.243. The highest BCUT2D eigenvalue weighted by atomic mass is 16.5. The lowest BCUT2D eigenvalue weighted by Crippen LogP contribution is -2.27. The third-order valence-electron chi connectivity index (χ3n) is 5.62. The molecule has 35 heavy (non-hydrogen) atoms. The van der Waals surface area contributed by atoms with Gasteiger partial charge in [0.2, 0.25) is 6.41 Å². The predicted octanol–water partition coefficient (Wildman–Crippen LogP) is 3.67. The standard InChI is InChI=1S/C27H34N4O4/c1-4-28-16-9-17-30(20-32)26-24(18-21-10-7-6-8-11-21)25(27(33)35-5-2)31(29-26)19-22-12-14-23(34-3)15-13-22/h6-8,10-15,20,28H,4-5,9,16-19H2,1-3H3. The van der Waals surface area contributed by atoms with E-state index in [0.717, 1.165) is 42.8 Å². The minimum atomic E-state index is -0.454. The Bertz CT molecular complexity index is 1080. The molecule has 186 valence electrons. The summed E-state index contributed by atoms with van der Waals surface area (Å²) >= 11 is 0. The minimum Gasteiger partial charge on any atom is -0.497 e. The van der Waals surface area contributed by atoms with Crippen molar-refractivity contribution in [2.45, 2.75) is 33.2 Å². The number of methoxy groups -OCH3 is 1. The SMILES string of the molecule is CCNCCCN(C=O)c1nn(Cc2ccc(OC)cc2)c(C(=O)OCC)c1Cc1ccccc1. The highest BCUT2D eigenvalue weighted by Crippen LogP contribution is 2.28. The number of hydrogen-bond donors (Lipinski definition) is 1. The topological polar surface area (TPSA) is 85.7 Å². The summed E-state index contributed by atoms with van der Waals surface area (Å²) in [5.41, 5.74) is 3.00. The van der Waals surface area contributed by atoms with Gasteiger partial charge in [0.25, 0.3) is 0 Å². The Hall–Kier alpha value is -3.65. The number of carbonyl (C=O) groups is 2. The van der Waals surface area contributed by atoms with Crippen molar-refractivity contribution in [3.63, 3.8) is 0 Å². The van der Waals surface area contributed by atoms with Gasteiger partial charge in [0.15, 0.2) is 11.5 Å². The zero-order valence-electron chi connectivity index (χ0n) is 20.7. The van der Waals surface area contributed by atoms with E-state index in [0.29, 0.717) is 36.6 Å². The molecule has 0 fully saturated rings. The summed E-state index contributed by atoms with van der Waals surface area (Å²) in [4.78, 5) is 26.9. The molecule has 0 bridgehead atoms. The Morgan fingerprint density at radius 3 is 2.46 bits per heavy atom. The number of anilines is 1. The van der Waals surface area contributed by atoms with E-state index in [1.54, 1.807) is 23.6 Å². The van der Waals surface area contributed by atoms with Crippen LogP contribution in [0.2, 0.25) is 0 Å². The van der Waals surface area contributed by atoms with Crippen molar-refractivity contribution in [2.24, 2.45) is 0 Å². The van der Waals surface area contributed by atoms with Gasteiger partial charge in [0.05, 0.1) is 20.3 Å². The molecule has 1 amide bonds. The second kappa shape index (κ2) is 13.3. The van der Waals surface area contributed by atoms with Gasteiger partial charge in [-0.2, -0.15) is 5.10 Å². The van der Waals surface area contributed by atoms with Crippen molar-refractivity contribution < 1.29 is 19.1 Å². The summed E-state index contributed by atoms with van der Waals surface area (Å²) in [6.45, 7) is 6.55. The summed E-state index contributed by atoms with van der Waals surface area (Å²) in [5.74, 6) is 0.777. The largest absolute Gasteiger partial charge is 0.497 e. The molecule has 1 heterocycles. The van der Waals surface area contributed by atoms with Gasteiger partial charge >= 0.3 is 5.97 Å². The maximum absolute atomic E-state index is 13.2. The zero-order valence-corrected chi connectivity index (χ0v) is 20.7. The van der Waals surface area contributed by atoms with Crippen LogP contribution in [-0.4, -0.2) is 55.5 Å². The molecule has 0 radical (unpaired) electrons. The van der Waals surface area contributed by atoms with E-state index in [1.807, 2.05) is 61.5 Å². The van der Waals surface area contributed by atoms with Crippen LogP contribution < -0.4 is 15.0 Å². The smallest absolute Gasteiger partial charge is 0.356 e. The number of ether oxygens (including phenoxy) is 2. The fraction of sp³-hybridized carbons (Fsp3) is 0.370. The maximum Gasteiger partial charge on any atom is 0.356 e. The van der Waals surface area contributed by atoms with Gasteiger partial charge in [-0.15, -0.1) is 0 Å². The average Bonchev–Trinajstić information content (AvgIpc) is 3.22. The number of nitrogens with one attached hydrogen (secondary N) is 1. The van der Waals surface area contributed by atoms with E-state index < -0.39 is 5.97 Å².